The van der Waals surface area contributed by atoms with Crippen LogP contribution in [0.2, 0.25) is 0 Å². The van der Waals surface area contributed by atoms with Crippen LogP contribution in [-0.4, -0.2) is 95.6 Å². The van der Waals surface area contributed by atoms with Crippen LogP contribution in [0.1, 0.15) is 80.7 Å². The first kappa shape index (κ1) is 43.8. The summed E-state index contributed by atoms with van der Waals surface area (Å²) in [7, 11) is 0. The summed E-state index contributed by atoms with van der Waals surface area (Å²) < 4.78 is 0. The molecule has 326 valence electrons. The number of unbranched alkanes of at least 4 members (excludes halogenated alkanes) is 1. The minimum absolute atomic E-state index is 0.0922. The zero-order valence-corrected chi connectivity index (χ0v) is 36.2. The highest BCUT2D eigenvalue weighted by Crippen LogP contribution is 2.32. The maximum Gasteiger partial charge on any atom is 0.256 e. The Morgan fingerprint density at radius 2 is 0.656 bits per heavy atom. The van der Waals surface area contributed by atoms with Crippen LogP contribution in [0.4, 0.5) is 11.4 Å². The van der Waals surface area contributed by atoms with Crippen molar-refractivity contribution in [3.05, 3.63) is 203 Å². The standard InChI is InChI=1S/C54H56N6O4/c61-49(55-47-29-15-13-27-45(47)53(63)59-37-33-57(34-38-59)51(41-19-5-1-6-20-41)42-21-7-2-8-22-42)31-17-18-32-50(62)56-48-30-16-14-28-46(48)54(64)60-39-35-58(36-40-60)52(43-23-9-3-10-24-43)44-25-11-4-12-26-44/h1-16,19-30,51-52H,17-18,31-40H2,(H,55,61)(H,56,62). The SMILES string of the molecule is O=C(CCCCC(=O)Nc1ccccc1C(=O)N1CCN(C(c2ccccc2)c2ccccc2)CC1)Nc1ccccc1C(=O)N1CCN(C(c2ccccc2)c2ccccc2)CC1. The molecular weight excluding hydrogens is 797 g/mol. The van der Waals surface area contributed by atoms with Gasteiger partial charge in [-0.1, -0.05) is 146 Å². The lowest BCUT2D eigenvalue weighted by Crippen LogP contribution is -2.50. The van der Waals surface area contributed by atoms with E-state index < -0.39 is 0 Å². The average molecular weight is 853 g/mol. The first-order valence-corrected chi connectivity index (χ1v) is 22.5. The molecule has 0 radical (unpaired) electrons. The van der Waals surface area contributed by atoms with Gasteiger partial charge in [0.05, 0.1) is 34.6 Å². The fraction of sp³-hybridized carbons (Fsp3) is 0.259. The van der Waals surface area contributed by atoms with E-state index in [2.05, 4.69) is 117 Å². The molecule has 0 aromatic heterocycles. The van der Waals surface area contributed by atoms with Crippen molar-refractivity contribution in [2.75, 3.05) is 63.0 Å². The Hall–Kier alpha value is -6.88. The summed E-state index contributed by atoms with van der Waals surface area (Å²) in [6.07, 6.45) is 1.37. The van der Waals surface area contributed by atoms with Gasteiger partial charge in [-0.15, -0.1) is 0 Å². The first-order valence-electron chi connectivity index (χ1n) is 22.5. The molecule has 2 heterocycles. The molecule has 6 aromatic carbocycles. The van der Waals surface area contributed by atoms with Crippen LogP contribution in [0.15, 0.2) is 170 Å². The number of nitrogens with zero attached hydrogens (tertiary/aromatic N) is 4. The fourth-order valence-corrected chi connectivity index (χ4v) is 9.03. The lowest BCUT2D eigenvalue weighted by Gasteiger charge is -2.40. The summed E-state index contributed by atoms with van der Waals surface area (Å²) >= 11 is 0. The molecule has 0 saturated carbocycles. The molecule has 2 fully saturated rings. The van der Waals surface area contributed by atoms with Gasteiger partial charge in [0, 0.05) is 65.2 Å². The molecule has 2 aliphatic heterocycles. The Morgan fingerprint density at radius 3 is 0.969 bits per heavy atom. The molecule has 2 N–H and O–H groups in total. The third kappa shape index (κ3) is 10.8. The molecule has 2 saturated heterocycles. The molecular formula is C54H56N6O4. The molecule has 0 atom stereocenters. The Bertz CT molecular complexity index is 2220. The molecule has 0 spiro atoms. The van der Waals surface area contributed by atoms with E-state index >= 15 is 0 Å². The highest BCUT2D eigenvalue weighted by molar-refractivity contribution is 6.04. The van der Waals surface area contributed by atoms with E-state index in [1.54, 1.807) is 24.3 Å². The number of nitrogens with one attached hydrogen (secondary N) is 2. The van der Waals surface area contributed by atoms with E-state index in [1.165, 1.54) is 22.3 Å². The molecule has 4 amide bonds. The summed E-state index contributed by atoms with van der Waals surface area (Å²) in [6, 6.07) is 56.4. The van der Waals surface area contributed by atoms with Crippen molar-refractivity contribution in [1.82, 2.24) is 19.6 Å². The number of benzene rings is 6. The smallest absolute Gasteiger partial charge is 0.256 e. The number of carbonyl (C=O) groups is 4. The van der Waals surface area contributed by atoms with Crippen molar-refractivity contribution >= 4 is 35.0 Å². The van der Waals surface area contributed by atoms with Gasteiger partial charge in [0.2, 0.25) is 11.8 Å². The molecule has 10 heteroatoms. The summed E-state index contributed by atoms with van der Waals surface area (Å²) in [5.74, 6) is -0.643. The van der Waals surface area contributed by atoms with Gasteiger partial charge in [-0.3, -0.25) is 29.0 Å². The van der Waals surface area contributed by atoms with Gasteiger partial charge in [0.25, 0.3) is 11.8 Å². The number of rotatable bonds is 15. The van der Waals surface area contributed by atoms with Gasteiger partial charge in [-0.05, 0) is 59.4 Å². The molecule has 6 aromatic rings. The number of hydrogen-bond donors (Lipinski definition) is 2. The summed E-state index contributed by atoms with van der Waals surface area (Å²) in [4.78, 5) is 62.7. The molecule has 10 nitrogen and oxygen atoms in total. The molecule has 0 unspecified atom stereocenters. The number of anilines is 2. The molecule has 2 aliphatic rings. The van der Waals surface area contributed by atoms with Gasteiger partial charge >= 0.3 is 0 Å². The van der Waals surface area contributed by atoms with Gasteiger partial charge in [0.1, 0.15) is 0 Å². The average Bonchev–Trinajstić information content (AvgIpc) is 3.35. The summed E-state index contributed by atoms with van der Waals surface area (Å²) in [5, 5.41) is 5.92. The normalized spacial score (nSPS) is 14.7. The predicted molar refractivity (Wildman–Crippen MR) is 253 cm³/mol. The van der Waals surface area contributed by atoms with Gasteiger partial charge in [0.15, 0.2) is 0 Å². The van der Waals surface area contributed by atoms with Crippen LogP contribution in [-0.2, 0) is 9.59 Å². The van der Waals surface area contributed by atoms with Crippen LogP contribution in [0, 0.1) is 0 Å². The van der Waals surface area contributed by atoms with Crippen molar-refractivity contribution in [3.63, 3.8) is 0 Å². The maximum atomic E-state index is 13.9. The summed E-state index contributed by atoms with van der Waals surface area (Å²) in [5.41, 5.74) is 6.77. The van der Waals surface area contributed by atoms with Crippen LogP contribution in [0.25, 0.3) is 0 Å². The zero-order valence-electron chi connectivity index (χ0n) is 36.2. The van der Waals surface area contributed by atoms with E-state index in [4.69, 9.17) is 0 Å². The predicted octanol–water partition coefficient (Wildman–Crippen LogP) is 8.92. The molecule has 0 bridgehead atoms. The third-order valence-electron chi connectivity index (χ3n) is 12.3. The fourth-order valence-electron chi connectivity index (χ4n) is 9.03. The lowest BCUT2D eigenvalue weighted by molar-refractivity contribution is -0.118. The third-order valence-corrected chi connectivity index (χ3v) is 12.3. The number of para-hydroxylation sites is 2. The van der Waals surface area contributed by atoms with Crippen molar-refractivity contribution in [1.29, 1.82) is 0 Å². The highest BCUT2D eigenvalue weighted by Gasteiger charge is 2.31. The van der Waals surface area contributed by atoms with E-state index in [0.29, 0.717) is 87.7 Å². The van der Waals surface area contributed by atoms with E-state index in [1.807, 2.05) is 58.3 Å². The Kier molecular flexibility index (Phi) is 14.7. The van der Waals surface area contributed by atoms with Gasteiger partial charge in [-0.25, -0.2) is 0 Å². The van der Waals surface area contributed by atoms with Gasteiger partial charge < -0.3 is 20.4 Å². The largest absolute Gasteiger partial charge is 0.336 e. The van der Waals surface area contributed by atoms with Crippen LogP contribution >= 0.6 is 0 Å². The minimum atomic E-state index is -0.214. The second kappa shape index (κ2) is 21.5. The molecule has 0 aliphatic carbocycles. The highest BCUT2D eigenvalue weighted by atomic mass is 16.2. The Labute approximate surface area is 376 Å². The van der Waals surface area contributed by atoms with Gasteiger partial charge in [-0.2, -0.15) is 0 Å². The lowest BCUT2D eigenvalue weighted by atomic mass is 9.96. The van der Waals surface area contributed by atoms with Crippen LogP contribution in [0.5, 0.6) is 0 Å². The topological polar surface area (TPSA) is 105 Å². The minimum Gasteiger partial charge on any atom is -0.336 e. The van der Waals surface area contributed by atoms with Crippen LogP contribution in [0.3, 0.4) is 0 Å². The summed E-state index contributed by atoms with van der Waals surface area (Å²) in [6.45, 7) is 5.14. The number of piperazine rings is 2. The van der Waals surface area contributed by atoms with E-state index in [0.717, 1.165) is 0 Å². The zero-order chi connectivity index (χ0) is 44.1. The maximum absolute atomic E-state index is 13.9. The van der Waals surface area contributed by atoms with Crippen molar-refractivity contribution in [2.45, 2.75) is 37.8 Å². The van der Waals surface area contributed by atoms with Crippen LogP contribution < -0.4 is 10.6 Å². The van der Waals surface area contributed by atoms with Crippen molar-refractivity contribution < 1.29 is 19.2 Å². The molecule has 8 rings (SSSR count). The van der Waals surface area contributed by atoms with Crippen molar-refractivity contribution in [2.24, 2.45) is 0 Å². The van der Waals surface area contributed by atoms with Crippen molar-refractivity contribution in [3.8, 4) is 0 Å². The second-order valence-electron chi connectivity index (χ2n) is 16.5. The monoisotopic (exact) mass is 852 g/mol. The van der Waals surface area contributed by atoms with E-state index in [-0.39, 0.29) is 48.6 Å². The Balaban J connectivity index is 0.795. The Morgan fingerprint density at radius 1 is 0.375 bits per heavy atom. The number of hydrogen-bond acceptors (Lipinski definition) is 6. The first-order chi connectivity index (χ1) is 31.4. The molecule has 64 heavy (non-hydrogen) atoms. The number of carbonyl (C=O) groups excluding carboxylic acids is 4. The second-order valence-corrected chi connectivity index (χ2v) is 16.5. The quantitative estimate of drug-likeness (QED) is 0.100. The number of amides is 4. The van der Waals surface area contributed by atoms with E-state index in [9.17, 15) is 19.2 Å².